The number of hydrogen-bond donors (Lipinski definition) is 3. The lowest BCUT2D eigenvalue weighted by atomic mass is 10.1. The molecule has 11 heteroatoms. The smallest absolute Gasteiger partial charge is 0.266 e. The fraction of sp³-hybridized carbons (Fsp3) is 0.179. The molecule has 0 saturated heterocycles. The van der Waals surface area contributed by atoms with Crippen LogP contribution in [0.3, 0.4) is 0 Å². The zero-order valence-electron chi connectivity index (χ0n) is 21.4. The summed E-state index contributed by atoms with van der Waals surface area (Å²) < 4.78 is 31.2. The lowest BCUT2D eigenvalue weighted by Gasteiger charge is -2.17. The van der Waals surface area contributed by atoms with Crippen molar-refractivity contribution in [2.45, 2.75) is 30.4 Å². The number of phenolic OH excluding ortho intramolecular Hbond substituents is 1. The van der Waals surface area contributed by atoms with E-state index < -0.39 is 32.7 Å². The number of benzene rings is 3. The van der Waals surface area contributed by atoms with Crippen molar-refractivity contribution in [3.05, 3.63) is 82.4 Å². The molecule has 0 spiro atoms. The molecule has 3 rings (SSSR count). The number of halogens is 1. The fourth-order valence-corrected chi connectivity index (χ4v) is 5.45. The maximum Gasteiger partial charge on any atom is 0.266 e. The van der Waals surface area contributed by atoms with E-state index in [4.69, 9.17) is 16.3 Å². The van der Waals surface area contributed by atoms with Gasteiger partial charge in [-0.05, 0) is 55.3 Å². The van der Waals surface area contributed by atoms with Crippen LogP contribution in [0, 0.1) is 18.3 Å². The van der Waals surface area contributed by atoms with Gasteiger partial charge in [0, 0.05) is 6.07 Å². The number of anilines is 2. The van der Waals surface area contributed by atoms with Gasteiger partial charge in [0.05, 0.1) is 28.4 Å². The van der Waals surface area contributed by atoms with Crippen LogP contribution in [0.1, 0.15) is 24.5 Å². The average Bonchev–Trinajstić information content (AvgIpc) is 2.90. The van der Waals surface area contributed by atoms with Gasteiger partial charge in [-0.2, -0.15) is 5.26 Å². The maximum absolute atomic E-state index is 13.1. The van der Waals surface area contributed by atoms with Crippen molar-refractivity contribution in [1.29, 1.82) is 5.26 Å². The molecule has 3 aromatic rings. The van der Waals surface area contributed by atoms with Crippen molar-refractivity contribution in [1.82, 2.24) is 0 Å². The van der Waals surface area contributed by atoms with E-state index >= 15 is 0 Å². The first-order valence-corrected chi connectivity index (χ1v) is 13.6. The molecule has 2 amide bonds. The molecule has 0 heterocycles. The van der Waals surface area contributed by atoms with Gasteiger partial charge >= 0.3 is 0 Å². The van der Waals surface area contributed by atoms with Gasteiger partial charge in [-0.15, -0.1) is 0 Å². The molecule has 0 aliphatic heterocycles. The molecule has 202 valence electrons. The van der Waals surface area contributed by atoms with Crippen LogP contribution in [0.4, 0.5) is 11.4 Å². The summed E-state index contributed by atoms with van der Waals surface area (Å²) in [6, 6.07) is 16.9. The van der Waals surface area contributed by atoms with Crippen LogP contribution in [0.25, 0.3) is 6.08 Å². The van der Waals surface area contributed by atoms with E-state index in [9.17, 15) is 28.4 Å². The predicted octanol–water partition coefficient (Wildman–Crippen LogP) is 5.10. The van der Waals surface area contributed by atoms with Gasteiger partial charge in [0.15, 0.2) is 9.84 Å². The molecule has 9 nitrogen and oxygen atoms in total. The highest BCUT2D eigenvalue weighted by atomic mass is 35.5. The zero-order chi connectivity index (χ0) is 28.7. The number of methoxy groups -OCH3 is 1. The topological polar surface area (TPSA) is 146 Å². The summed E-state index contributed by atoms with van der Waals surface area (Å²) in [5.74, 6) is -1.48. The maximum atomic E-state index is 13.1. The molecule has 3 aromatic carbocycles. The van der Waals surface area contributed by atoms with Crippen molar-refractivity contribution in [2.24, 2.45) is 0 Å². The van der Waals surface area contributed by atoms with Crippen LogP contribution in [-0.4, -0.2) is 37.7 Å². The number of amides is 2. The summed E-state index contributed by atoms with van der Waals surface area (Å²) >= 11 is 6.28. The van der Waals surface area contributed by atoms with Crippen LogP contribution in [0.15, 0.2) is 71.1 Å². The largest absolute Gasteiger partial charge is 0.506 e. The standard InChI is InChI=1S/C28H26ClN3O6S/c1-4-26(39(36,37)21-11-5-17(2)6-12-21)28(35)31-23-15-25(33)24(14-22(23)29)32-27(34)19(16-30)13-18-7-9-20(38-3)10-8-18/h5-15,26,33H,4H2,1-3H3,(H,31,35)(H,32,34)/b19-13+. The van der Waals surface area contributed by atoms with Crippen molar-refractivity contribution >= 4 is 50.7 Å². The molecule has 0 aromatic heterocycles. The minimum absolute atomic E-state index is 0.00273. The highest BCUT2D eigenvalue weighted by Crippen LogP contribution is 2.35. The highest BCUT2D eigenvalue weighted by molar-refractivity contribution is 7.92. The van der Waals surface area contributed by atoms with Crippen molar-refractivity contribution in [3.63, 3.8) is 0 Å². The number of rotatable bonds is 9. The Morgan fingerprint density at radius 2 is 1.72 bits per heavy atom. The summed E-state index contributed by atoms with van der Waals surface area (Å²) in [4.78, 5) is 25.6. The van der Waals surface area contributed by atoms with Gasteiger partial charge < -0.3 is 20.5 Å². The number of nitrogens with zero attached hydrogens (tertiary/aromatic N) is 1. The Kier molecular flexibility index (Phi) is 9.35. The first-order valence-electron chi connectivity index (χ1n) is 11.7. The van der Waals surface area contributed by atoms with Gasteiger partial charge in [0.25, 0.3) is 5.91 Å². The quantitative estimate of drug-likeness (QED) is 0.185. The summed E-state index contributed by atoms with van der Waals surface area (Å²) in [5, 5.41) is 23.3. The summed E-state index contributed by atoms with van der Waals surface area (Å²) in [6.07, 6.45) is 1.36. The third-order valence-corrected chi connectivity index (χ3v) is 8.31. The van der Waals surface area contributed by atoms with Crippen LogP contribution < -0.4 is 15.4 Å². The number of phenols is 1. The third-order valence-electron chi connectivity index (χ3n) is 5.77. The molecule has 1 unspecified atom stereocenters. The molecule has 0 bridgehead atoms. The first kappa shape index (κ1) is 29.2. The Morgan fingerprint density at radius 3 is 2.28 bits per heavy atom. The van der Waals surface area contributed by atoms with Crippen LogP contribution in [0.2, 0.25) is 5.02 Å². The van der Waals surface area contributed by atoms with Crippen molar-refractivity contribution in [2.75, 3.05) is 17.7 Å². The molecule has 0 fully saturated rings. The molecule has 0 saturated carbocycles. The number of sulfone groups is 1. The van der Waals surface area contributed by atoms with Crippen LogP contribution in [0.5, 0.6) is 11.5 Å². The Balaban J connectivity index is 1.79. The number of hydrogen-bond acceptors (Lipinski definition) is 7. The highest BCUT2D eigenvalue weighted by Gasteiger charge is 2.33. The summed E-state index contributed by atoms with van der Waals surface area (Å²) in [7, 11) is -2.48. The van der Waals surface area contributed by atoms with E-state index in [1.807, 2.05) is 13.0 Å². The third kappa shape index (κ3) is 6.96. The molecule has 1 atom stereocenters. The Bertz CT molecular complexity index is 1560. The lowest BCUT2D eigenvalue weighted by molar-refractivity contribution is -0.116. The number of ether oxygens (including phenoxy) is 1. The number of carbonyl (C=O) groups is 2. The van der Waals surface area contributed by atoms with E-state index in [1.165, 1.54) is 31.4 Å². The molecular formula is C28H26ClN3O6S. The minimum atomic E-state index is -4.00. The van der Waals surface area contributed by atoms with E-state index in [2.05, 4.69) is 10.6 Å². The molecule has 0 radical (unpaired) electrons. The van der Waals surface area contributed by atoms with Crippen molar-refractivity contribution in [3.8, 4) is 17.6 Å². The van der Waals surface area contributed by atoms with Crippen LogP contribution >= 0.6 is 11.6 Å². The monoisotopic (exact) mass is 567 g/mol. The van der Waals surface area contributed by atoms with E-state index in [0.717, 1.165) is 11.6 Å². The SMILES string of the molecule is CCC(C(=O)Nc1cc(O)c(NC(=O)/C(C#N)=C/c2ccc(OC)cc2)cc1Cl)S(=O)(=O)c1ccc(C)cc1. The molecule has 3 N–H and O–H groups in total. The predicted molar refractivity (Wildman–Crippen MR) is 149 cm³/mol. The van der Waals surface area contributed by atoms with Gasteiger partial charge in [-0.25, -0.2) is 8.42 Å². The fourth-order valence-electron chi connectivity index (χ4n) is 3.61. The Hall–Kier alpha value is -4.33. The number of carbonyl (C=O) groups excluding carboxylic acids is 2. The van der Waals surface area contributed by atoms with Gasteiger partial charge in [-0.3, -0.25) is 9.59 Å². The normalized spacial score (nSPS) is 12.2. The van der Waals surface area contributed by atoms with E-state index in [-0.39, 0.29) is 33.3 Å². The Labute approximate surface area is 231 Å². The zero-order valence-corrected chi connectivity index (χ0v) is 22.9. The number of nitrogens with one attached hydrogen (secondary N) is 2. The lowest BCUT2D eigenvalue weighted by Crippen LogP contribution is -2.34. The van der Waals surface area contributed by atoms with E-state index in [1.54, 1.807) is 43.3 Å². The second-order valence-corrected chi connectivity index (χ2v) is 11.0. The molecule has 0 aliphatic carbocycles. The number of aryl methyl sites for hydroxylation is 1. The first-order chi connectivity index (χ1) is 18.5. The molecular weight excluding hydrogens is 542 g/mol. The summed E-state index contributed by atoms with van der Waals surface area (Å²) in [6.45, 7) is 3.39. The number of nitriles is 1. The second kappa shape index (κ2) is 12.5. The van der Waals surface area contributed by atoms with Gasteiger partial charge in [0.1, 0.15) is 28.4 Å². The van der Waals surface area contributed by atoms with Crippen molar-refractivity contribution < 1.29 is 27.9 Å². The summed E-state index contributed by atoms with van der Waals surface area (Å²) in [5.41, 5.74) is 1.05. The van der Waals surface area contributed by atoms with Gasteiger partial charge in [0.2, 0.25) is 5.91 Å². The number of aromatic hydroxyl groups is 1. The Morgan fingerprint density at radius 1 is 1.08 bits per heavy atom. The van der Waals surface area contributed by atoms with Gasteiger partial charge in [-0.1, -0.05) is 48.4 Å². The second-order valence-electron chi connectivity index (χ2n) is 8.49. The minimum Gasteiger partial charge on any atom is -0.506 e. The van der Waals surface area contributed by atoms with Crippen LogP contribution in [-0.2, 0) is 19.4 Å². The average molecular weight is 568 g/mol. The van der Waals surface area contributed by atoms with E-state index in [0.29, 0.717) is 11.3 Å². The molecule has 0 aliphatic rings. The molecule has 39 heavy (non-hydrogen) atoms.